The van der Waals surface area contributed by atoms with Gasteiger partial charge in [0.1, 0.15) is 16.8 Å². The van der Waals surface area contributed by atoms with Crippen LogP contribution < -0.4 is 0 Å². The van der Waals surface area contributed by atoms with Gasteiger partial charge in [0.05, 0.1) is 42.6 Å². The first-order valence-corrected chi connectivity index (χ1v) is 18.5. The molecular weight excluding hydrogens is 758 g/mol. The molecule has 3 N–H and O–H groups in total. The van der Waals surface area contributed by atoms with Crippen LogP contribution in [-0.4, -0.2) is 147 Å². The number of carbonyl (C=O) groups is 9. The number of fused-ring (bicyclic) bond motifs is 2. The summed E-state index contributed by atoms with van der Waals surface area (Å²) in [5, 5.41) is 27.1. The van der Waals surface area contributed by atoms with Crippen LogP contribution in [0.2, 0.25) is 0 Å². The molecule has 4 heterocycles. The fraction of sp³-hybridized carbons (Fsp3) is 0.757. The lowest BCUT2D eigenvalue weighted by molar-refractivity contribution is -0.176. The van der Waals surface area contributed by atoms with Crippen molar-refractivity contribution in [3.05, 3.63) is 0 Å². The summed E-state index contributed by atoms with van der Waals surface area (Å²) >= 11 is 0. The second-order valence-corrected chi connectivity index (χ2v) is 17.3. The number of amides is 3. The van der Waals surface area contributed by atoms with Crippen LogP contribution in [0.25, 0.3) is 0 Å². The van der Waals surface area contributed by atoms with Gasteiger partial charge in [-0.25, -0.2) is 14.4 Å². The highest BCUT2D eigenvalue weighted by atomic mass is 16.6. The Morgan fingerprint density at radius 3 is 1.07 bits per heavy atom. The molecule has 0 aromatic heterocycles. The number of hydrogen-bond donors (Lipinski definition) is 3. The highest BCUT2D eigenvalue weighted by molar-refractivity contribution is 5.92. The molecule has 2 bridgehead atoms. The maximum atomic E-state index is 12.0. The Morgan fingerprint density at radius 1 is 0.509 bits per heavy atom. The summed E-state index contributed by atoms with van der Waals surface area (Å²) in [6, 6.07) is 0. The van der Waals surface area contributed by atoms with Crippen molar-refractivity contribution < 1.29 is 82.2 Å². The zero-order valence-corrected chi connectivity index (χ0v) is 34.2. The van der Waals surface area contributed by atoms with E-state index >= 15 is 0 Å². The van der Waals surface area contributed by atoms with Crippen molar-refractivity contribution in [2.24, 2.45) is 35.5 Å². The second kappa shape index (κ2) is 19.3. The van der Waals surface area contributed by atoms with Crippen molar-refractivity contribution in [2.75, 3.05) is 46.4 Å². The fourth-order valence-electron chi connectivity index (χ4n) is 6.21. The van der Waals surface area contributed by atoms with Gasteiger partial charge >= 0.3 is 54.1 Å². The summed E-state index contributed by atoms with van der Waals surface area (Å²) in [5.74, 6) is -8.81. The van der Waals surface area contributed by atoms with Crippen LogP contribution in [0.1, 0.15) is 81.6 Å². The summed E-state index contributed by atoms with van der Waals surface area (Å²) in [4.78, 5) is 107. The molecule has 4 fully saturated rings. The third-order valence-corrected chi connectivity index (χ3v) is 8.76. The molecule has 0 radical (unpaired) electrons. The number of carboxylic acids is 3. The number of likely N-dealkylation sites (tertiary alicyclic amines) is 3. The summed E-state index contributed by atoms with van der Waals surface area (Å²) in [6.07, 6.45) is -1.11. The first-order valence-electron chi connectivity index (χ1n) is 18.5. The highest BCUT2D eigenvalue weighted by Gasteiger charge is 2.45. The molecule has 4 unspecified atom stereocenters. The van der Waals surface area contributed by atoms with Crippen molar-refractivity contribution >= 4 is 54.1 Å². The molecular formula is C37H57N3O17. The van der Waals surface area contributed by atoms with E-state index in [1.165, 1.54) is 16.9 Å². The third-order valence-electron chi connectivity index (χ3n) is 8.76. The second-order valence-electron chi connectivity index (χ2n) is 17.3. The number of nitrogens with zero attached hydrogens (tertiary/aromatic N) is 3. The van der Waals surface area contributed by atoms with Crippen LogP contribution in [0.15, 0.2) is 0 Å². The van der Waals surface area contributed by atoms with Crippen LogP contribution >= 0.6 is 0 Å². The van der Waals surface area contributed by atoms with Crippen molar-refractivity contribution in [3.63, 3.8) is 0 Å². The number of ether oxygens (including phenoxy) is 5. The Labute approximate surface area is 331 Å². The predicted octanol–water partition coefficient (Wildman–Crippen LogP) is 3.09. The molecule has 3 amide bonds. The van der Waals surface area contributed by atoms with E-state index in [0.717, 1.165) is 4.90 Å². The quantitative estimate of drug-likeness (QED) is 0.209. The molecule has 20 nitrogen and oxygen atoms in total. The van der Waals surface area contributed by atoms with Gasteiger partial charge in [0.2, 0.25) is 0 Å². The average molecular weight is 816 g/mol. The van der Waals surface area contributed by atoms with Gasteiger partial charge in [-0.15, -0.1) is 0 Å². The molecule has 20 heteroatoms. The third kappa shape index (κ3) is 15.7. The SMILES string of the molecule is CC(C)(C)OC(=O)N1CC(C(=O)O)CC(C(=O)O)C1.CC(C)(C)OC(=O)N1CC2CC(C1)C(=O)OC2=O.COC(=O)[C@H]1C[C@@H](C(=O)O)CN(C(=O)OC(C)(C)C)C1. The molecule has 0 aromatic carbocycles. The number of cyclic esters (lactones) is 2. The number of aliphatic carboxylic acids is 3. The maximum absolute atomic E-state index is 12.0. The number of carboxylic acid groups (broad SMARTS) is 3. The first kappa shape index (κ1) is 48.0. The molecule has 0 saturated carbocycles. The van der Waals surface area contributed by atoms with Gasteiger partial charge in [-0.1, -0.05) is 0 Å². The van der Waals surface area contributed by atoms with E-state index in [1.54, 1.807) is 62.3 Å². The van der Waals surface area contributed by atoms with Gasteiger partial charge in [0.25, 0.3) is 0 Å². The van der Waals surface area contributed by atoms with E-state index in [0.29, 0.717) is 6.42 Å². The number of rotatable bonds is 4. The van der Waals surface area contributed by atoms with E-state index in [4.69, 9.17) is 29.5 Å². The van der Waals surface area contributed by atoms with Gasteiger partial charge in [-0.2, -0.15) is 0 Å². The van der Waals surface area contributed by atoms with Gasteiger partial charge in [0.15, 0.2) is 0 Å². The highest BCUT2D eigenvalue weighted by Crippen LogP contribution is 2.30. The van der Waals surface area contributed by atoms with Crippen LogP contribution in [0.3, 0.4) is 0 Å². The van der Waals surface area contributed by atoms with Crippen molar-refractivity contribution in [2.45, 2.75) is 98.4 Å². The van der Waals surface area contributed by atoms with E-state index in [-0.39, 0.29) is 52.1 Å². The number of methoxy groups -OCH3 is 1. The van der Waals surface area contributed by atoms with E-state index in [9.17, 15) is 43.2 Å². The van der Waals surface area contributed by atoms with Gasteiger partial charge in [-0.3, -0.25) is 28.8 Å². The number of piperidine rings is 3. The van der Waals surface area contributed by atoms with E-state index in [1.807, 2.05) is 0 Å². The number of esters is 3. The molecule has 4 aliphatic heterocycles. The van der Waals surface area contributed by atoms with Crippen molar-refractivity contribution in [1.29, 1.82) is 0 Å². The molecule has 4 saturated heterocycles. The summed E-state index contributed by atoms with van der Waals surface area (Å²) in [7, 11) is 1.24. The Balaban J connectivity index is 0.000000295. The lowest BCUT2D eigenvalue weighted by Gasteiger charge is -2.38. The summed E-state index contributed by atoms with van der Waals surface area (Å²) in [6.45, 7) is 16.2. The van der Waals surface area contributed by atoms with Crippen LogP contribution in [0.5, 0.6) is 0 Å². The molecule has 322 valence electrons. The normalized spacial score (nSPS) is 24.8. The van der Waals surface area contributed by atoms with Crippen LogP contribution in [0, 0.1) is 35.5 Å². The van der Waals surface area contributed by atoms with Crippen LogP contribution in [0.4, 0.5) is 14.4 Å². The largest absolute Gasteiger partial charge is 0.481 e. The molecule has 0 aromatic rings. The fourth-order valence-corrected chi connectivity index (χ4v) is 6.21. The smallest absolute Gasteiger partial charge is 0.410 e. The van der Waals surface area contributed by atoms with Crippen LogP contribution in [-0.2, 0) is 52.5 Å². The Kier molecular flexibility index (Phi) is 16.3. The number of carbonyl (C=O) groups excluding carboxylic acids is 6. The van der Waals surface area contributed by atoms with Gasteiger partial charge in [0, 0.05) is 39.3 Å². The Hall–Kier alpha value is -5.17. The van der Waals surface area contributed by atoms with Gasteiger partial charge < -0.3 is 53.7 Å². The number of hydrogen-bond acceptors (Lipinski definition) is 14. The molecule has 0 spiro atoms. The standard InChI is InChI=1S/C13H21NO6.C12H19NO6.C12H17NO5/c1-13(2,3)20-12(18)14-6-8(10(15)16)5-9(7-14)11(17)19-4;1-12(2,3)19-11(18)13-5-7(9(14)15)4-8(6-13)10(16)17;1-12(2,3)18-11(16)13-5-7-4-8(6-13)10(15)17-9(7)14/h8-9H,5-7H2,1-4H3,(H,15,16);7-8H,4-6H2,1-3H3,(H,14,15)(H,16,17);7-8H,4-6H2,1-3H3/t8-,9+;;/m1../s1. The molecule has 4 aliphatic rings. The lowest BCUT2D eigenvalue weighted by atomic mass is 9.87. The monoisotopic (exact) mass is 815 g/mol. The van der Waals surface area contributed by atoms with Gasteiger partial charge in [-0.05, 0) is 81.6 Å². The van der Waals surface area contributed by atoms with Crippen molar-refractivity contribution in [3.8, 4) is 0 Å². The first-order chi connectivity index (χ1) is 26.0. The molecule has 0 aliphatic carbocycles. The molecule has 6 atom stereocenters. The molecule has 4 rings (SSSR count). The Bertz CT molecular complexity index is 1500. The Morgan fingerprint density at radius 2 is 0.789 bits per heavy atom. The minimum atomic E-state index is -1.10. The topological polar surface area (TPSA) is 270 Å². The minimum absolute atomic E-state index is 0.0198. The zero-order valence-electron chi connectivity index (χ0n) is 34.2. The zero-order chi connectivity index (χ0) is 43.8. The summed E-state index contributed by atoms with van der Waals surface area (Å²) < 4.78 is 24.8. The maximum Gasteiger partial charge on any atom is 0.410 e. The lowest BCUT2D eigenvalue weighted by Crippen LogP contribution is -2.53. The summed E-state index contributed by atoms with van der Waals surface area (Å²) in [5.41, 5.74) is -1.96. The average Bonchev–Trinajstić information content (AvgIpc) is 3.08. The molecule has 57 heavy (non-hydrogen) atoms. The minimum Gasteiger partial charge on any atom is -0.481 e. The van der Waals surface area contributed by atoms with E-state index < -0.39 is 106 Å². The predicted molar refractivity (Wildman–Crippen MR) is 194 cm³/mol. The van der Waals surface area contributed by atoms with E-state index in [2.05, 4.69) is 9.47 Å². The van der Waals surface area contributed by atoms with Crippen molar-refractivity contribution in [1.82, 2.24) is 14.7 Å².